The lowest BCUT2D eigenvalue weighted by Gasteiger charge is -2.11. The Labute approximate surface area is 159 Å². The quantitative estimate of drug-likeness (QED) is 0.673. The van der Waals surface area contributed by atoms with Crippen LogP contribution in [0.25, 0.3) is 5.69 Å². The summed E-state index contributed by atoms with van der Waals surface area (Å²) in [6.45, 7) is 5.03. The molecule has 0 aliphatic carbocycles. The lowest BCUT2D eigenvalue weighted by molar-refractivity contribution is 0.240. The predicted octanol–water partition coefficient (Wildman–Crippen LogP) is 4.28. The maximum Gasteiger partial charge on any atom is 0.315 e. The van der Waals surface area contributed by atoms with Crippen molar-refractivity contribution in [2.24, 2.45) is 0 Å². The van der Waals surface area contributed by atoms with E-state index in [9.17, 15) is 9.18 Å². The van der Waals surface area contributed by atoms with Crippen LogP contribution in [0.5, 0.6) is 0 Å². The first kappa shape index (κ1) is 18.7. The molecule has 0 radical (unpaired) electrons. The average Bonchev–Trinajstić information content (AvgIpc) is 2.95. The molecule has 27 heavy (non-hydrogen) atoms. The second kappa shape index (κ2) is 8.54. The Morgan fingerprint density at radius 1 is 1.00 bits per heavy atom. The molecule has 0 unspecified atom stereocenters. The van der Waals surface area contributed by atoms with Gasteiger partial charge in [0.05, 0.1) is 0 Å². The summed E-state index contributed by atoms with van der Waals surface area (Å²) in [6, 6.07) is 18.3. The zero-order chi connectivity index (χ0) is 19.2. The molecular formula is C22H24FN3O. The Kier molecular flexibility index (Phi) is 5.91. The molecule has 0 aliphatic rings. The number of rotatable bonds is 6. The highest BCUT2D eigenvalue weighted by molar-refractivity contribution is 5.73. The van der Waals surface area contributed by atoms with Crippen LogP contribution >= 0.6 is 0 Å². The summed E-state index contributed by atoms with van der Waals surface area (Å²) in [6.07, 6.45) is 0.799. The summed E-state index contributed by atoms with van der Waals surface area (Å²) in [5, 5.41) is 5.79. The van der Waals surface area contributed by atoms with Crippen LogP contribution in [0.3, 0.4) is 0 Å². The first-order chi connectivity index (χ1) is 13.0. The van der Waals surface area contributed by atoms with Gasteiger partial charge in [0.25, 0.3) is 0 Å². The van der Waals surface area contributed by atoms with Crippen molar-refractivity contribution in [3.05, 3.63) is 89.0 Å². The van der Waals surface area contributed by atoms with Crippen LogP contribution in [-0.2, 0) is 13.0 Å². The van der Waals surface area contributed by atoms with Gasteiger partial charge >= 0.3 is 6.03 Å². The maximum absolute atomic E-state index is 13.2. The van der Waals surface area contributed by atoms with E-state index < -0.39 is 0 Å². The molecule has 1 heterocycles. The number of aryl methyl sites for hydroxylation is 1. The first-order valence-electron chi connectivity index (χ1n) is 9.04. The third-order valence-electron chi connectivity index (χ3n) is 4.60. The second-order valence-corrected chi connectivity index (χ2v) is 6.55. The van der Waals surface area contributed by atoms with Gasteiger partial charge in [-0.15, -0.1) is 0 Å². The van der Waals surface area contributed by atoms with E-state index in [1.54, 1.807) is 12.1 Å². The molecule has 2 aromatic carbocycles. The molecular weight excluding hydrogens is 341 g/mol. The Balaban J connectivity index is 1.56. The zero-order valence-corrected chi connectivity index (χ0v) is 15.6. The van der Waals surface area contributed by atoms with Crippen LogP contribution in [0, 0.1) is 19.7 Å². The fourth-order valence-electron chi connectivity index (χ4n) is 3.20. The van der Waals surface area contributed by atoms with E-state index in [0.29, 0.717) is 13.1 Å². The fourth-order valence-corrected chi connectivity index (χ4v) is 3.20. The van der Waals surface area contributed by atoms with Crippen LogP contribution in [0.4, 0.5) is 9.18 Å². The fraction of sp³-hybridized carbons (Fsp3) is 0.227. The van der Waals surface area contributed by atoms with Gasteiger partial charge in [0.15, 0.2) is 0 Å². The van der Waals surface area contributed by atoms with Gasteiger partial charge in [0.2, 0.25) is 0 Å². The average molecular weight is 365 g/mol. The Morgan fingerprint density at radius 2 is 1.70 bits per heavy atom. The highest BCUT2D eigenvalue weighted by Gasteiger charge is 2.11. The first-order valence-corrected chi connectivity index (χ1v) is 9.04. The number of nitrogens with zero attached hydrogens (tertiary/aromatic N) is 1. The SMILES string of the molecule is Cc1cc(CNC(=O)NCCc2ccccc2)c(C)n1-c1ccc(F)cc1. The molecule has 5 heteroatoms. The lowest BCUT2D eigenvalue weighted by atomic mass is 10.1. The topological polar surface area (TPSA) is 46.1 Å². The summed E-state index contributed by atoms with van der Waals surface area (Å²) in [7, 11) is 0. The van der Waals surface area contributed by atoms with Gasteiger partial charge < -0.3 is 15.2 Å². The molecule has 1 aromatic heterocycles. The molecule has 3 rings (SSSR count). The van der Waals surface area contributed by atoms with Crippen LogP contribution in [-0.4, -0.2) is 17.1 Å². The number of aromatic nitrogens is 1. The molecule has 0 aliphatic heterocycles. The molecule has 4 nitrogen and oxygen atoms in total. The van der Waals surface area contributed by atoms with Gasteiger partial charge in [-0.3, -0.25) is 0 Å². The van der Waals surface area contributed by atoms with Crippen molar-refractivity contribution < 1.29 is 9.18 Å². The maximum atomic E-state index is 13.2. The van der Waals surface area contributed by atoms with Crippen LogP contribution < -0.4 is 10.6 Å². The number of carbonyl (C=O) groups excluding carboxylic acids is 1. The lowest BCUT2D eigenvalue weighted by Crippen LogP contribution is -2.36. The third kappa shape index (κ3) is 4.76. The van der Waals surface area contributed by atoms with E-state index in [4.69, 9.17) is 0 Å². The van der Waals surface area contributed by atoms with Gasteiger partial charge in [-0.2, -0.15) is 0 Å². The molecule has 0 saturated heterocycles. The van der Waals surface area contributed by atoms with Gasteiger partial charge in [0.1, 0.15) is 5.82 Å². The number of benzene rings is 2. The molecule has 0 bridgehead atoms. The summed E-state index contributed by atoms with van der Waals surface area (Å²) in [5.41, 5.74) is 5.21. The van der Waals surface area contributed by atoms with Crippen molar-refractivity contribution in [1.29, 1.82) is 0 Å². The van der Waals surface area contributed by atoms with Crippen molar-refractivity contribution in [2.75, 3.05) is 6.54 Å². The van der Waals surface area contributed by atoms with Gasteiger partial charge in [-0.25, -0.2) is 9.18 Å². The molecule has 0 fully saturated rings. The predicted molar refractivity (Wildman–Crippen MR) is 106 cm³/mol. The molecule has 2 amide bonds. The monoisotopic (exact) mass is 365 g/mol. The smallest absolute Gasteiger partial charge is 0.315 e. The van der Waals surface area contributed by atoms with Gasteiger partial charge in [0, 0.05) is 30.2 Å². The van der Waals surface area contributed by atoms with Gasteiger partial charge in [-0.05, 0) is 61.7 Å². The molecule has 2 N–H and O–H groups in total. The number of urea groups is 1. The highest BCUT2D eigenvalue weighted by atomic mass is 19.1. The molecule has 0 saturated carbocycles. The molecule has 0 atom stereocenters. The number of amides is 2. The Morgan fingerprint density at radius 3 is 2.41 bits per heavy atom. The normalized spacial score (nSPS) is 10.6. The largest absolute Gasteiger partial charge is 0.338 e. The number of hydrogen-bond donors (Lipinski definition) is 2. The van der Waals surface area contributed by atoms with Crippen LogP contribution in [0.15, 0.2) is 60.7 Å². The van der Waals surface area contributed by atoms with Crippen molar-refractivity contribution in [1.82, 2.24) is 15.2 Å². The minimum atomic E-state index is -0.254. The summed E-state index contributed by atoms with van der Waals surface area (Å²) in [5.74, 6) is -0.254. The molecule has 3 aromatic rings. The number of carbonyl (C=O) groups is 1. The van der Waals surface area contributed by atoms with Crippen molar-refractivity contribution >= 4 is 6.03 Å². The summed E-state index contributed by atoms with van der Waals surface area (Å²) < 4.78 is 15.2. The Bertz CT molecular complexity index is 901. The van der Waals surface area contributed by atoms with E-state index in [-0.39, 0.29) is 11.8 Å². The van der Waals surface area contributed by atoms with Crippen LogP contribution in [0.1, 0.15) is 22.5 Å². The van der Waals surface area contributed by atoms with Gasteiger partial charge in [-0.1, -0.05) is 30.3 Å². The van der Waals surface area contributed by atoms with Crippen molar-refractivity contribution in [3.63, 3.8) is 0 Å². The minimum Gasteiger partial charge on any atom is -0.338 e. The van der Waals surface area contributed by atoms with E-state index >= 15 is 0 Å². The second-order valence-electron chi connectivity index (χ2n) is 6.55. The summed E-state index contributed by atoms with van der Waals surface area (Å²) >= 11 is 0. The third-order valence-corrected chi connectivity index (χ3v) is 4.60. The summed E-state index contributed by atoms with van der Waals surface area (Å²) in [4.78, 5) is 12.0. The molecule has 140 valence electrons. The standard InChI is InChI=1S/C22H24FN3O/c1-16-14-19(17(2)26(16)21-10-8-20(23)9-11-21)15-25-22(27)24-13-12-18-6-4-3-5-7-18/h3-11,14H,12-13,15H2,1-2H3,(H2,24,25,27). The number of hydrogen-bond acceptors (Lipinski definition) is 1. The van der Waals surface area contributed by atoms with Crippen molar-refractivity contribution in [2.45, 2.75) is 26.8 Å². The van der Waals surface area contributed by atoms with Crippen molar-refractivity contribution in [3.8, 4) is 5.69 Å². The van der Waals surface area contributed by atoms with Crippen LogP contribution in [0.2, 0.25) is 0 Å². The number of halogens is 1. The van der Waals surface area contributed by atoms with E-state index in [0.717, 1.165) is 29.1 Å². The highest BCUT2D eigenvalue weighted by Crippen LogP contribution is 2.21. The van der Waals surface area contributed by atoms with E-state index in [1.807, 2.05) is 50.2 Å². The minimum absolute atomic E-state index is 0.183. The number of nitrogens with one attached hydrogen (secondary N) is 2. The zero-order valence-electron chi connectivity index (χ0n) is 15.6. The molecule has 0 spiro atoms. The van der Waals surface area contributed by atoms with E-state index in [2.05, 4.69) is 15.2 Å². The Hall–Kier alpha value is -3.08. The van der Waals surface area contributed by atoms with E-state index in [1.165, 1.54) is 17.7 Å².